The summed E-state index contributed by atoms with van der Waals surface area (Å²) < 4.78 is 5.16. The molecule has 2 rings (SSSR count). The van der Waals surface area contributed by atoms with Gasteiger partial charge in [-0.05, 0) is 18.6 Å². The van der Waals surface area contributed by atoms with E-state index >= 15 is 0 Å². The molecule has 0 amide bonds. The maximum atomic E-state index is 5.16. The van der Waals surface area contributed by atoms with Crippen molar-refractivity contribution in [2.75, 3.05) is 33.3 Å². The van der Waals surface area contributed by atoms with Crippen molar-refractivity contribution in [3.63, 3.8) is 0 Å². The number of methoxy groups -OCH3 is 1. The number of hydrogen-bond donors (Lipinski definition) is 1. The van der Waals surface area contributed by atoms with Gasteiger partial charge in [0, 0.05) is 44.5 Å². The van der Waals surface area contributed by atoms with Gasteiger partial charge in [-0.1, -0.05) is 0 Å². The van der Waals surface area contributed by atoms with Crippen LogP contribution in [0.4, 0.5) is 0 Å². The number of aromatic nitrogens is 1. The average molecular weight is 221 g/mol. The zero-order valence-corrected chi connectivity index (χ0v) is 9.99. The smallest absolute Gasteiger partial charge is 0.215 e. The molecule has 16 heavy (non-hydrogen) atoms. The lowest BCUT2D eigenvalue weighted by molar-refractivity contribution is 0.233. The van der Waals surface area contributed by atoms with Gasteiger partial charge in [-0.2, -0.15) is 0 Å². The normalized spacial score (nSPS) is 17.4. The lowest BCUT2D eigenvalue weighted by Crippen LogP contribution is -2.42. The fourth-order valence-electron chi connectivity index (χ4n) is 2.05. The minimum atomic E-state index is 0.726. The number of hydrogen-bond acceptors (Lipinski definition) is 4. The van der Waals surface area contributed by atoms with E-state index in [1.165, 1.54) is 5.56 Å². The molecule has 4 heteroatoms. The Morgan fingerprint density at radius 2 is 2.19 bits per heavy atom. The van der Waals surface area contributed by atoms with Crippen molar-refractivity contribution in [2.45, 2.75) is 13.5 Å². The van der Waals surface area contributed by atoms with Crippen molar-refractivity contribution >= 4 is 0 Å². The van der Waals surface area contributed by atoms with E-state index in [1.54, 1.807) is 7.11 Å². The molecule has 88 valence electrons. The maximum absolute atomic E-state index is 5.16. The summed E-state index contributed by atoms with van der Waals surface area (Å²) >= 11 is 0. The minimum absolute atomic E-state index is 0.726. The lowest BCUT2D eigenvalue weighted by atomic mass is 10.2. The number of rotatable bonds is 3. The van der Waals surface area contributed by atoms with Gasteiger partial charge in [-0.25, -0.2) is 4.98 Å². The Kier molecular flexibility index (Phi) is 3.74. The number of piperazine rings is 1. The zero-order valence-electron chi connectivity index (χ0n) is 9.99. The highest BCUT2D eigenvalue weighted by atomic mass is 16.5. The van der Waals surface area contributed by atoms with Crippen molar-refractivity contribution in [2.24, 2.45) is 0 Å². The van der Waals surface area contributed by atoms with Gasteiger partial charge in [0.1, 0.15) is 0 Å². The molecule has 1 aromatic heterocycles. The molecule has 1 aliphatic heterocycles. The molecule has 0 aromatic carbocycles. The van der Waals surface area contributed by atoms with Crippen LogP contribution >= 0.6 is 0 Å². The summed E-state index contributed by atoms with van der Waals surface area (Å²) in [6, 6.07) is 2.16. The van der Waals surface area contributed by atoms with Gasteiger partial charge in [0.05, 0.1) is 7.11 Å². The van der Waals surface area contributed by atoms with Crippen LogP contribution in [0, 0.1) is 6.92 Å². The van der Waals surface area contributed by atoms with Crippen LogP contribution in [0.2, 0.25) is 0 Å². The fraction of sp³-hybridized carbons (Fsp3) is 0.583. The van der Waals surface area contributed by atoms with E-state index in [0.717, 1.165) is 44.2 Å². The van der Waals surface area contributed by atoms with Gasteiger partial charge in [-0.15, -0.1) is 0 Å². The molecular weight excluding hydrogens is 202 g/mol. The van der Waals surface area contributed by atoms with Gasteiger partial charge in [0.25, 0.3) is 0 Å². The molecule has 0 atom stereocenters. The lowest BCUT2D eigenvalue weighted by Gasteiger charge is -2.27. The number of nitrogens with one attached hydrogen (secondary N) is 1. The second-order valence-electron chi connectivity index (χ2n) is 4.20. The van der Waals surface area contributed by atoms with E-state index in [-0.39, 0.29) is 0 Å². The first-order valence-electron chi connectivity index (χ1n) is 5.72. The number of pyridine rings is 1. The Hall–Kier alpha value is -1.13. The summed E-state index contributed by atoms with van der Waals surface area (Å²) in [6.07, 6.45) is 1.91. The standard InChI is InChI=1S/C12H19N3O/c1-10-7-11(8-14-12(10)16-2)9-15-5-3-13-4-6-15/h7-8,13H,3-6,9H2,1-2H3. The van der Waals surface area contributed by atoms with Crippen LogP contribution in [0.5, 0.6) is 5.88 Å². The highest BCUT2D eigenvalue weighted by molar-refractivity contribution is 5.28. The number of ether oxygens (including phenoxy) is 1. The first-order chi connectivity index (χ1) is 7.79. The van der Waals surface area contributed by atoms with Crippen molar-refractivity contribution in [3.05, 3.63) is 23.4 Å². The van der Waals surface area contributed by atoms with E-state index in [2.05, 4.69) is 21.3 Å². The third-order valence-electron chi connectivity index (χ3n) is 2.90. The Balaban J connectivity index is 2.01. The monoisotopic (exact) mass is 221 g/mol. The van der Waals surface area contributed by atoms with Gasteiger partial charge in [0.2, 0.25) is 5.88 Å². The Morgan fingerprint density at radius 1 is 1.44 bits per heavy atom. The predicted molar refractivity (Wildman–Crippen MR) is 63.7 cm³/mol. The summed E-state index contributed by atoms with van der Waals surface area (Å²) in [6.45, 7) is 7.42. The molecule has 0 spiro atoms. The Bertz CT molecular complexity index is 348. The molecule has 4 nitrogen and oxygen atoms in total. The SMILES string of the molecule is COc1ncc(CN2CCNCC2)cc1C. The van der Waals surface area contributed by atoms with Crippen LogP contribution in [0.25, 0.3) is 0 Å². The molecular formula is C12H19N3O. The second kappa shape index (κ2) is 5.27. The van der Waals surface area contributed by atoms with Crippen LogP contribution in [-0.4, -0.2) is 43.2 Å². The topological polar surface area (TPSA) is 37.4 Å². The van der Waals surface area contributed by atoms with Crippen LogP contribution < -0.4 is 10.1 Å². The summed E-state index contributed by atoms with van der Waals surface area (Å²) in [7, 11) is 1.66. The highest BCUT2D eigenvalue weighted by Gasteiger charge is 2.10. The van der Waals surface area contributed by atoms with Gasteiger partial charge < -0.3 is 10.1 Å². The average Bonchev–Trinajstić information content (AvgIpc) is 2.31. The molecule has 0 unspecified atom stereocenters. The first-order valence-corrected chi connectivity index (χ1v) is 5.72. The summed E-state index contributed by atoms with van der Waals surface area (Å²) in [5.74, 6) is 0.726. The Labute approximate surface area is 96.6 Å². The van der Waals surface area contributed by atoms with Crippen LogP contribution in [-0.2, 0) is 6.54 Å². The maximum Gasteiger partial charge on any atom is 0.215 e. The molecule has 1 aromatic rings. The van der Waals surface area contributed by atoms with E-state index in [1.807, 2.05) is 13.1 Å². The van der Waals surface area contributed by atoms with E-state index < -0.39 is 0 Å². The van der Waals surface area contributed by atoms with E-state index in [9.17, 15) is 0 Å². The first kappa shape index (κ1) is 11.4. The van der Waals surface area contributed by atoms with Crippen molar-refractivity contribution < 1.29 is 4.74 Å². The molecule has 1 aliphatic rings. The van der Waals surface area contributed by atoms with Crippen LogP contribution in [0.3, 0.4) is 0 Å². The molecule has 0 bridgehead atoms. The molecule has 1 fully saturated rings. The molecule has 0 aliphatic carbocycles. The quantitative estimate of drug-likeness (QED) is 0.819. The molecule has 1 saturated heterocycles. The van der Waals surface area contributed by atoms with Crippen LogP contribution in [0.15, 0.2) is 12.3 Å². The molecule has 0 radical (unpaired) electrons. The van der Waals surface area contributed by atoms with E-state index in [4.69, 9.17) is 4.74 Å². The zero-order chi connectivity index (χ0) is 11.4. The van der Waals surface area contributed by atoms with Gasteiger partial charge in [-0.3, -0.25) is 4.90 Å². The molecule has 0 saturated carbocycles. The van der Waals surface area contributed by atoms with Gasteiger partial charge >= 0.3 is 0 Å². The van der Waals surface area contributed by atoms with Crippen LogP contribution in [0.1, 0.15) is 11.1 Å². The molecule has 2 heterocycles. The highest BCUT2D eigenvalue weighted by Crippen LogP contribution is 2.15. The minimum Gasteiger partial charge on any atom is -0.481 e. The van der Waals surface area contributed by atoms with Crippen molar-refractivity contribution in [3.8, 4) is 5.88 Å². The third kappa shape index (κ3) is 2.71. The summed E-state index contributed by atoms with van der Waals surface area (Å²) in [5, 5.41) is 3.35. The fourth-order valence-corrected chi connectivity index (χ4v) is 2.05. The summed E-state index contributed by atoms with van der Waals surface area (Å²) in [5.41, 5.74) is 2.37. The molecule has 1 N–H and O–H groups in total. The third-order valence-corrected chi connectivity index (χ3v) is 2.90. The van der Waals surface area contributed by atoms with E-state index in [0.29, 0.717) is 0 Å². The Morgan fingerprint density at radius 3 is 2.81 bits per heavy atom. The van der Waals surface area contributed by atoms with Crippen molar-refractivity contribution in [1.29, 1.82) is 0 Å². The summed E-state index contributed by atoms with van der Waals surface area (Å²) in [4.78, 5) is 6.74. The largest absolute Gasteiger partial charge is 0.481 e. The predicted octanol–water partition coefficient (Wildman–Crippen LogP) is 0.804. The van der Waals surface area contributed by atoms with Gasteiger partial charge in [0.15, 0.2) is 0 Å². The van der Waals surface area contributed by atoms with Crippen molar-refractivity contribution in [1.82, 2.24) is 15.2 Å². The number of aryl methyl sites for hydroxylation is 1. The second-order valence-corrected chi connectivity index (χ2v) is 4.20. The number of nitrogens with zero attached hydrogens (tertiary/aromatic N) is 2.